The van der Waals surface area contributed by atoms with Gasteiger partial charge in [-0.15, -0.1) is 11.8 Å². The molecule has 1 atom stereocenters. The zero-order chi connectivity index (χ0) is 25.8. The Morgan fingerprint density at radius 3 is 2.11 bits per heavy atom. The summed E-state index contributed by atoms with van der Waals surface area (Å²) >= 11 is 1.29. The molecule has 0 saturated carbocycles. The lowest BCUT2D eigenvalue weighted by atomic mass is 9.83. The van der Waals surface area contributed by atoms with Gasteiger partial charge in [0.05, 0.1) is 22.9 Å². The van der Waals surface area contributed by atoms with Crippen LogP contribution in [0, 0.1) is 0 Å². The number of hydrogen-bond donors (Lipinski definition) is 3. The Hall–Kier alpha value is -4.24. The number of carboxylic acids is 1. The summed E-state index contributed by atoms with van der Waals surface area (Å²) in [4.78, 5) is 62.1. The lowest BCUT2D eigenvalue weighted by Gasteiger charge is -2.21. The van der Waals surface area contributed by atoms with Crippen molar-refractivity contribution >= 4 is 52.5 Å². The highest BCUT2D eigenvalue weighted by atomic mass is 32.2. The fraction of sp³-hybridized carbons (Fsp3) is 0.148. The number of hydrogen-bond acceptors (Lipinski definition) is 6. The van der Waals surface area contributed by atoms with Crippen LogP contribution >= 0.6 is 11.8 Å². The first-order valence-electron chi connectivity index (χ1n) is 11.1. The highest BCUT2D eigenvalue weighted by Gasteiger charge is 2.32. The molecule has 182 valence electrons. The minimum Gasteiger partial charge on any atom is -0.481 e. The number of rotatable bonds is 8. The van der Waals surface area contributed by atoms with Gasteiger partial charge in [-0.05, 0) is 37.3 Å². The zero-order valence-electron chi connectivity index (χ0n) is 19.2. The Morgan fingerprint density at radius 1 is 0.806 bits per heavy atom. The predicted molar refractivity (Wildman–Crippen MR) is 136 cm³/mol. The van der Waals surface area contributed by atoms with Crippen LogP contribution in [0.3, 0.4) is 0 Å². The normalized spacial score (nSPS) is 12.8. The first kappa shape index (κ1) is 24.9. The van der Waals surface area contributed by atoms with Crippen molar-refractivity contribution in [3.63, 3.8) is 0 Å². The van der Waals surface area contributed by atoms with Crippen molar-refractivity contribution in [3.05, 3.63) is 89.0 Å². The van der Waals surface area contributed by atoms with Crippen LogP contribution < -0.4 is 10.6 Å². The van der Waals surface area contributed by atoms with Gasteiger partial charge >= 0.3 is 5.97 Å². The molecule has 9 heteroatoms. The number of anilines is 2. The molecule has 8 nitrogen and oxygen atoms in total. The largest absolute Gasteiger partial charge is 0.481 e. The second-order valence-corrected chi connectivity index (χ2v) is 9.56. The summed E-state index contributed by atoms with van der Waals surface area (Å²) in [5.41, 5.74) is 1.93. The number of aliphatic carboxylic acids is 1. The Labute approximate surface area is 211 Å². The molecule has 0 aliphatic heterocycles. The molecule has 0 spiro atoms. The molecule has 2 amide bonds. The lowest BCUT2D eigenvalue weighted by Crippen LogP contribution is -2.27. The van der Waals surface area contributed by atoms with Gasteiger partial charge in [0.2, 0.25) is 11.8 Å². The molecule has 0 aromatic heterocycles. The number of thioether (sulfide) groups is 1. The second-order valence-electron chi connectivity index (χ2n) is 8.15. The van der Waals surface area contributed by atoms with E-state index in [1.807, 2.05) is 0 Å². The van der Waals surface area contributed by atoms with Gasteiger partial charge in [0.1, 0.15) is 0 Å². The standard InChI is InChI=1S/C27H22N2O6S/c1-15(36-17-11-9-16(10-12-17)28-22(30)13-14-23(31)32)27(35)29-21-8-4-7-20-24(21)26(34)19-6-3-2-5-18(19)25(20)33/h2-12,15H,13-14H2,1H3,(H,28,30)(H,29,35)(H,31,32). The summed E-state index contributed by atoms with van der Waals surface area (Å²) < 4.78 is 0. The van der Waals surface area contributed by atoms with Crippen molar-refractivity contribution in [1.82, 2.24) is 0 Å². The molecule has 0 saturated heterocycles. The van der Waals surface area contributed by atoms with Gasteiger partial charge in [-0.3, -0.25) is 24.0 Å². The highest BCUT2D eigenvalue weighted by Crippen LogP contribution is 2.33. The van der Waals surface area contributed by atoms with Crippen LogP contribution in [0.15, 0.2) is 71.6 Å². The zero-order valence-corrected chi connectivity index (χ0v) is 20.1. The van der Waals surface area contributed by atoms with E-state index in [1.54, 1.807) is 73.7 Å². The van der Waals surface area contributed by atoms with Crippen LogP contribution in [0.5, 0.6) is 0 Å². The molecule has 3 aromatic carbocycles. The third kappa shape index (κ3) is 5.36. The molecule has 4 rings (SSSR count). The maximum Gasteiger partial charge on any atom is 0.303 e. The summed E-state index contributed by atoms with van der Waals surface area (Å²) in [5, 5.41) is 13.6. The second kappa shape index (κ2) is 10.6. The van der Waals surface area contributed by atoms with Crippen LogP contribution in [0.2, 0.25) is 0 Å². The van der Waals surface area contributed by atoms with Gasteiger partial charge in [-0.25, -0.2) is 0 Å². The molecule has 1 aliphatic carbocycles. The molecule has 0 fully saturated rings. The molecule has 0 bridgehead atoms. The summed E-state index contributed by atoms with van der Waals surface area (Å²) in [7, 11) is 0. The SMILES string of the molecule is CC(Sc1ccc(NC(=O)CCC(=O)O)cc1)C(=O)Nc1cccc2c1C(=O)c1ccccc1C2=O. The van der Waals surface area contributed by atoms with Gasteiger partial charge < -0.3 is 15.7 Å². The van der Waals surface area contributed by atoms with Crippen molar-refractivity contribution in [2.45, 2.75) is 29.9 Å². The molecule has 36 heavy (non-hydrogen) atoms. The van der Waals surface area contributed by atoms with E-state index in [0.29, 0.717) is 16.8 Å². The molecule has 0 heterocycles. The summed E-state index contributed by atoms with van der Waals surface area (Å²) in [6.07, 6.45) is -0.366. The number of carboxylic acid groups (broad SMARTS) is 1. The van der Waals surface area contributed by atoms with E-state index in [9.17, 15) is 24.0 Å². The van der Waals surface area contributed by atoms with E-state index >= 15 is 0 Å². The highest BCUT2D eigenvalue weighted by molar-refractivity contribution is 8.00. The first-order chi connectivity index (χ1) is 17.2. The molecular formula is C27H22N2O6S. The Kier molecular flexibility index (Phi) is 7.30. The predicted octanol–water partition coefficient (Wildman–Crippen LogP) is 4.38. The Morgan fingerprint density at radius 2 is 1.44 bits per heavy atom. The van der Waals surface area contributed by atoms with Gasteiger partial charge in [0.25, 0.3) is 0 Å². The number of amides is 2. The maximum atomic E-state index is 13.1. The van der Waals surface area contributed by atoms with Crippen molar-refractivity contribution in [2.75, 3.05) is 10.6 Å². The number of benzene rings is 3. The van der Waals surface area contributed by atoms with Crippen molar-refractivity contribution in [1.29, 1.82) is 0 Å². The topological polar surface area (TPSA) is 130 Å². The van der Waals surface area contributed by atoms with Gasteiger partial charge in [0, 0.05) is 33.7 Å². The van der Waals surface area contributed by atoms with Gasteiger partial charge in [-0.1, -0.05) is 36.4 Å². The number of fused-ring (bicyclic) bond motifs is 2. The quantitative estimate of drug-likeness (QED) is 0.305. The van der Waals surface area contributed by atoms with Crippen LogP contribution in [0.25, 0.3) is 0 Å². The molecule has 3 aromatic rings. The molecular weight excluding hydrogens is 480 g/mol. The van der Waals surface area contributed by atoms with Crippen LogP contribution in [0.1, 0.15) is 51.6 Å². The monoisotopic (exact) mass is 502 g/mol. The lowest BCUT2D eigenvalue weighted by molar-refractivity contribution is -0.138. The number of carbonyl (C=O) groups is 5. The van der Waals surface area contributed by atoms with Crippen molar-refractivity contribution in [2.24, 2.45) is 0 Å². The third-order valence-electron chi connectivity index (χ3n) is 5.60. The van der Waals surface area contributed by atoms with E-state index in [-0.39, 0.29) is 47.1 Å². The first-order valence-corrected chi connectivity index (χ1v) is 12.0. The van der Waals surface area contributed by atoms with E-state index < -0.39 is 17.1 Å². The van der Waals surface area contributed by atoms with E-state index in [2.05, 4.69) is 10.6 Å². The average Bonchev–Trinajstić information content (AvgIpc) is 2.87. The summed E-state index contributed by atoms with van der Waals surface area (Å²) in [6, 6.07) is 18.3. The minimum atomic E-state index is -1.04. The van der Waals surface area contributed by atoms with Gasteiger partial charge in [0.15, 0.2) is 11.6 Å². The number of ketones is 2. The Bertz CT molecular complexity index is 1380. The average molecular weight is 503 g/mol. The smallest absolute Gasteiger partial charge is 0.303 e. The van der Waals surface area contributed by atoms with Gasteiger partial charge in [-0.2, -0.15) is 0 Å². The fourth-order valence-corrected chi connectivity index (χ4v) is 4.67. The van der Waals surface area contributed by atoms with Crippen LogP contribution in [-0.2, 0) is 14.4 Å². The van der Waals surface area contributed by atoms with Crippen molar-refractivity contribution in [3.8, 4) is 0 Å². The van der Waals surface area contributed by atoms with E-state index in [0.717, 1.165) is 4.90 Å². The van der Waals surface area contributed by atoms with Crippen LogP contribution in [0.4, 0.5) is 11.4 Å². The van der Waals surface area contributed by atoms with E-state index in [4.69, 9.17) is 5.11 Å². The Balaban J connectivity index is 1.42. The molecule has 0 radical (unpaired) electrons. The molecule has 3 N–H and O–H groups in total. The number of carbonyl (C=O) groups excluding carboxylic acids is 4. The van der Waals surface area contributed by atoms with Crippen molar-refractivity contribution < 1.29 is 29.1 Å². The van der Waals surface area contributed by atoms with E-state index in [1.165, 1.54) is 11.8 Å². The summed E-state index contributed by atoms with van der Waals surface area (Å²) in [6.45, 7) is 1.72. The summed E-state index contributed by atoms with van der Waals surface area (Å²) in [5.74, 6) is -2.34. The minimum absolute atomic E-state index is 0.119. The number of nitrogens with one attached hydrogen (secondary N) is 2. The third-order valence-corrected chi connectivity index (χ3v) is 6.71. The fourth-order valence-electron chi connectivity index (χ4n) is 3.80. The maximum absolute atomic E-state index is 13.1. The van der Waals surface area contributed by atoms with Crippen LogP contribution in [-0.4, -0.2) is 39.7 Å². The molecule has 1 aliphatic rings. The molecule has 1 unspecified atom stereocenters.